The number of amidine groups is 1. The highest BCUT2D eigenvalue weighted by Gasteiger charge is 2.25. The molecule has 2 amide bonds. The Kier molecular flexibility index (Phi) is 6.53. The number of hydrogen-bond acceptors (Lipinski definition) is 5. The lowest BCUT2D eigenvalue weighted by Gasteiger charge is -2.31. The molecule has 2 aromatic carbocycles. The van der Waals surface area contributed by atoms with Crippen LogP contribution in [0.5, 0.6) is 11.5 Å². The maximum atomic E-state index is 12.8. The predicted molar refractivity (Wildman–Crippen MR) is 124 cm³/mol. The van der Waals surface area contributed by atoms with E-state index in [1.165, 1.54) is 5.56 Å². The third kappa shape index (κ3) is 4.66. The summed E-state index contributed by atoms with van der Waals surface area (Å²) in [6, 6.07) is 9.77. The zero-order valence-corrected chi connectivity index (χ0v) is 19.2. The van der Waals surface area contributed by atoms with Gasteiger partial charge in [0.1, 0.15) is 5.84 Å². The SMILES string of the molecule is COc1ccc(C2=CC(=Nc3c(C)cc(C)cc3C)N(C(=O)N(C)C)CN2)cc1OC. The van der Waals surface area contributed by atoms with E-state index < -0.39 is 0 Å². The molecule has 1 heterocycles. The van der Waals surface area contributed by atoms with Crippen molar-refractivity contribution in [3.63, 3.8) is 0 Å². The zero-order valence-electron chi connectivity index (χ0n) is 19.2. The van der Waals surface area contributed by atoms with Gasteiger partial charge in [-0.2, -0.15) is 0 Å². The van der Waals surface area contributed by atoms with Gasteiger partial charge in [0.25, 0.3) is 0 Å². The van der Waals surface area contributed by atoms with Gasteiger partial charge in [0.15, 0.2) is 11.5 Å². The van der Waals surface area contributed by atoms with E-state index >= 15 is 0 Å². The standard InChI is InChI=1S/C24H30N4O3/c1-15-10-16(2)23(17(3)11-15)26-22-13-19(25-14-28(22)24(29)27(4)5)18-8-9-20(30-6)21(12-18)31-7/h8-13,25H,14H2,1-7H3. The number of aliphatic imine (C=N–C) groups is 1. The van der Waals surface area contributed by atoms with Crippen molar-refractivity contribution >= 4 is 23.3 Å². The van der Waals surface area contributed by atoms with E-state index in [1.54, 1.807) is 38.1 Å². The second-order valence-corrected chi connectivity index (χ2v) is 7.79. The Balaban J connectivity index is 2.12. The number of nitrogens with zero attached hydrogens (tertiary/aromatic N) is 3. The average Bonchev–Trinajstić information content (AvgIpc) is 2.74. The number of hydrogen-bond donors (Lipinski definition) is 1. The fourth-order valence-electron chi connectivity index (χ4n) is 3.66. The third-order valence-corrected chi connectivity index (χ3v) is 5.15. The number of carbonyl (C=O) groups excluding carboxylic acids is 1. The molecular weight excluding hydrogens is 392 g/mol. The predicted octanol–water partition coefficient (Wildman–Crippen LogP) is 4.24. The summed E-state index contributed by atoms with van der Waals surface area (Å²) in [6.45, 7) is 6.45. The number of carbonyl (C=O) groups is 1. The van der Waals surface area contributed by atoms with Crippen molar-refractivity contribution in [2.45, 2.75) is 20.8 Å². The van der Waals surface area contributed by atoms with Crippen LogP contribution >= 0.6 is 0 Å². The van der Waals surface area contributed by atoms with Crippen LogP contribution in [0.3, 0.4) is 0 Å². The first kappa shape index (κ1) is 22.2. The van der Waals surface area contributed by atoms with Crippen LogP contribution in [0.4, 0.5) is 10.5 Å². The van der Waals surface area contributed by atoms with Gasteiger partial charge >= 0.3 is 6.03 Å². The number of amides is 2. The summed E-state index contributed by atoms with van der Waals surface area (Å²) in [5.74, 6) is 1.88. The number of benzene rings is 2. The van der Waals surface area contributed by atoms with Crippen molar-refractivity contribution in [3.05, 3.63) is 58.7 Å². The molecular formula is C24H30N4O3. The van der Waals surface area contributed by atoms with Crippen molar-refractivity contribution < 1.29 is 14.3 Å². The zero-order chi connectivity index (χ0) is 22.7. The van der Waals surface area contributed by atoms with Gasteiger partial charge in [0, 0.05) is 31.4 Å². The summed E-state index contributed by atoms with van der Waals surface area (Å²) in [5, 5.41) is 3.33. The number of aryl methyl sites for hydroxylation is 3. The molecule has 1 N–H and O–H groups in total. The van der Waals surface area contributed by atoms with Crippen molar-refractivity contribution in [1.29, 1.82) is 0 Å². The molecule has 0 saturated heterocycles. The van der Waals surface area contributed by atoms with Crippen LogP contribution in [-0.2, 0) is 0 Å². The van der Waals surface area contributed by atoms with E-state index in [1.807, 2.05) is 38.1 Å². The Morgan fingerprint density at radius 3 is 2.26 bits per heavy atom. The van der Waals surface area contributed by atoms with Crippen LogP contribution in [0, 0.1) is 20.8 Å². The van der Waals surface area contributed by atoms with Crippen LogP contribution in [-0.4, -0.2) is 56.7 Å². The molecule has 0 fully saturated rings. The Morgan fingerprint density at radius 2 is 1.68 bits per heavy atom. The van der Waals surface area contributed by atoms with E-state index in [2.05, 4.69) is 24.4 Å². The second-order valence-electron chi connectivity index (χ2n) is 7.79. The third-order valence-electron chi connectivity index (χ3n) is 5.15. The largest absolute Gasteiger partial charge is 0.493 e. The maximum absolute atomic E-state index is 12.8. The van der Waals surface area contributed by atoms with Crippen molar-refractivity contribution in [3.8, 4) is 11.5 Å². The molecule has 3 rings (SSSR count). The molecule has 0 radical (unpaired) electrons. The monoisotopic (exact) mass is 422 g/mol. The summed E-state index contributed by atoms with van der Waals surface area (Å²) in [4.78, 5) is 20.9. The summed E-state index contributed by atoms with van der Waals surface area (Å²) >= 11 is 0. The lowest BCUT2D eigenvalue weighted by atomic mass is 10.1. The lowest BCUT2D eigenvalue weighted by Crippen LogP contribution is -2.49. The fraction of sp³-hybridized carbons (Fsp3) is 0.333. The highest BCUT2D eigenvalue weighted by molar-refractivity contribution is 6.09. The van der Waals surface area contributed by atoms with Gasteiger partial charge in [0.2, 0.25) is 0 Å². The highest BCUT2D eigenvalue weighted by Crippen LogP contribution is 2.31. The fourth-order valence-corrected chi connectivity index (χ4v) is 3.66. The van der Waals surface area contributed by atoms with Gasteiger partial charge in [-0.25, -0.2) is 9.79 Å². The summed E-state index contributed by atoms with van der Waals surface area (Å²) in [6.07, 6.45) is 1.89. The van der Waals surface area contributed by atoms with Crippen molar-refractivity contribution in [1.82, 2.24) is 15.1 Å². The first-order valence-electron chi connectivity index (χ1n) is 10.1. The second kappa shape index (κ2) is 9.12. The van der Waals surface area contributed by atoms with E-state index in [-0.39, 0.29) is 6.03 Å². The van der Waals surface area contributed by atoms with Crippen LogP contribution in [0.2, 0.25) is 0 Å². The Labute approximate surface area is 184 Å². The molecule has 0 saturated carbocycles. The Morgan fingerprint density at radius 1 is 1.03 bits per heavy atom. The summed E-state index contributed by atoms with van der Waals surface area (Å²) in [7, 11) is 6.68. The molecule has 7 heteroatoms. The first-order valence-corrected chi connectivity index (χ1v) is 10.1. The molecule has 0 atom stereocenters. The lowest BCUT2D eigenvalue weighted by molar-refractivity contribution is 0.193. The van der Waals surface area contributed by atoms with Gasteiger partial charge in [-0.3, -0.25) is 4.90 Å². The van der Waals surface area contributed by atoms with Crippen LogP contribution in [0.25, 0.3) is 5.70 Å². The van der Waals surface area contributed by atoms with Crippen molar-refractivity contribution in [2.75, 3.05) is 35.0 Å². The summed E-state index contributed by atoms with van der Waals surface area (Å²) in [5.41, 5.74) is 5.97. The van der Waals surface area contributed by atoms with Crippen molar-refractivity contribution in [2.24, 2.45) is 4.99 Å². The number of nitrogens with one attached hydrogen (secondary N) is 1. The topological polar surface area (TPSA) is 66.4 Å². The maximum Gasteiger partial charge on any atom is 0.326 e. The average molecular weight is 423 g/mol. The first-order chi connectivity index (χ1) is 14.7. The molecule has 0 aromatic heterocycles. The molecule has 1 aliphatic rings. The van der Waals surface area contributed by atoms with Crippen LogP contribution in [0.1, 0.15) is 22.3 Å². The summed E-state index contributed by atoms with van der Waals surface area (Å²) < 4.78 is 10.8. The van der Waals surface area contributed by atoms with E-state index in [0.717, 1.165) is 28.1 Å². The molecule has 7 nitrogen and oxygen atoms in total. The molecule has 31 heavy (non-hydrogen) atoms. The van der Waals surface area contributed by atoms with Gasteiger partial charge in [-0.1, -0.05) is 17.7 Å². The minimum absolute atomic E-state index is 0.142. The quantitative estimate of drug-likeness (QED) is 0.800. The molecule has 0 aliphatic carbocycles. The van der Waals surface area contributed by atoms with Gasteiger partial charge in [0.05, 0.1) is 26.6 Å². The van der Waals surface area contributed by atoms with E-state index in [9.17, 15) is 4.79 Å². The minimum Gasteiger partial charge on any atom is -0.493 e. The van der Waals surface area contributed by atoms with Crippen LogP contribution < -0.4 is 14.8 Å². The normalized spacial score (nSPS) is 14.7. The van der Waals surface area contributed by atoms with E-state index in [4.69, 9.17) is 14.5 Å². The van der Waals surface area contributed by atoms with Crippen LogP contribution in [0.15, 0.2) is 41.4 Å². The number of urea groups is 1. The molecule has 0 bridgehead atoms. The number of methoxy groups -OCH3 is 2. The smallest absolute Gasteiger partial charge is 0.326 e. The Hall–Kier alpha value is -3.48. The molecule has 0 unspecified atom stereocenters. The molecule has 2 aromatic rings. The minimum atomic E-state index is -0.142. The Bertz CT molecular complexity index is 1030. The van der Waals surface area contributed by atoms with Gasteiger partial charge in [-0.15, -0.1) is 0 Å². The van der Waals surface area contributed by atoms with E-state index in [0.29, 0.717) is 24.0 Å². The van der Waals surface area contributed by atoms with Gasteiger partial charge in [-0.05, 0) is 50.1 Å². The number of rotatable bonds is 4. The molecule has 164 valence electrons. The number of ether oxygens (including phenoxy) is 2. The molecule has 0 spiro atoms. The highest BCUT2D eigenvalue weighted by atomic mass is 16.5. The van der Waals surface area contributed by atoms with Gasteiger partial charge < -0.3 is 19.7 Å². The molecule has 1 aliphatic heterocycles.